The number of phenolic OH excluding ortho intramolecular Hbond substituents is 1. The Morgan fingerprint density at radius 3 is 2.82 bits per heavy atom. The Kier molecular flexibility index (Phi) is 4.89. The first-order chi connectivity index (χ1) is 16.4. The van der Waals surface area contributed by atoms with Crippen molar-refractivity contribution in [1.82, 2.24) is 14.5 Å². The highest BCUT2D eigenvalue weighted by Gasteiger charge is 2.29. The number of methoxy groups -OCH3 is 1. The third kappa shape index (κ3) is 3.36. The lowest BCUT2D eigenvalue weighted by molar-refractivity contribution is 0.414. The van der Waals surface area contributed by atoms with E-state index in [4.69, 9.17) is 25.7 Å². The topological polar surface area (TPSA) is 90.4 Å². The maximum Gasteiger partial charge on any atom is 0.263 e. The molecule has 1 aliphatic carbocycles. The second kappa shape index (κ2) is 7.85. The van der Waals surface area contributed by atoms with E-state index < -0.39 is 0 Å². The van der Waals surface area contributed by atoms with Crippen molar-refractivity contribution >= 4 is 43.2 Å². The van der Waals surface area contributed by atoms with E-state index in [0.717, 1.165) is 29.7 Å². The van der Waals surface area contributed by atoms with Crippen LogP contribution in [0.25, 0.3) is 31.7 Å². The SMILES string of the molecule is COc1ccc(-c2nc3sc4c(O)c(Cl)ccc4c3c(=O)n2Cc2cnc(C)o2)c(C2CC2)c1. The molecule has 0 spiro atoms. The zero-order chi connectivity index (χ0) is 23.6. The van der Waals surface area contributed by atoms with Crippen LogP contribution < -0.4 is 10.3 Å². The molecule has 0 aliphatic heterocycles. The summed E-state index contributed by atoms with van der Waals surface area (Å²) in [5.41, 5.74) is 1.79. The molecule has 3 heterocycles. The van der Waals surface area contributed by atoms with Gasteiger partial charge >= 0.3 is 0 Å². The first-order valence-corrected chi connectivity index (χ1v) is 12.1. The van der Waals surface area contributed by atoms with Gasteiger partial charge in [0.1, 0.15) is 22.2 Å². The van der Waals surface area contributed by atoms with Gasteiger partial charge < -0.3 is 14.3 Å². The van der Waals surface area contributed by atoms with E-state index in [1.807, 2.05) is 18.2 Å². The van der Waals surface area contributed by atoms with Crippen LogP contribution in [0.4, 0.5) is 0 Å². The summed E-state index contributed by atoms with van der Waals surface area (Å²) in [6, 6.07) is 9.23. The van der Waals surface area contributed by atoms with Gasteiger partial charge in [-0.1, -0.05) is 17.7 Å². The van der Waals surface area contributed by atoms with Crippen LogP contribution >= 0.6 is 22.9 Å². The Labute approximate surface area is 203 Å². The average Bonchev–Trinajstić information content (AvgIpc) is 3.50. The van der Waals surface area contributed by atoms with Crippen LogP contribution in [0.5, 0.6) is 11.5 Å². The monoisotopic (exact) mass is 493 g/mol. The highest BCUT2D eigenvalue weighted by atomic mass is 35.5. The first kappa shape index (κ1) is 21.2. The van der Waals surface area contributed by atoms with Gasteiger partial charge in [0.05, 0.1) is 35.0 Å². The first-order valence-electron chi connectivity index (χ1n) is 10.9. The molecule has 0 unspecified atom stereocenters. The predicted molar refractivity (Wildman–Crippen MR) is 132 cm³/mol. The van der Waals surface area contributed by atoms with Gasteiger partial charge in [-0.25, -0.2) is 9.97 Å². The Morgan fingerprint density at radius 1 is 1.29 bits per heavy atom. The highest BCUT2D eigenvalue weighted by Crippen LogP contribution is 2.46. The third-order valence-electron chi connectivity index (χ3n) is 6.19. The number of aromatic nitrogens is 3. The summed E-state index contributed by atoms with van der Waals surface area (Å²) in [5, 5.41) is 11.9. The molecule has 1 aliphatic rings. The predicted octanol–water partition coefficient (Wildman–Crippen LogP) is 5.87. The second-order valence-electron chi connectivity index (χ2n) is 8.45. The van der Waals surface area contributed by atoms with Crippen LogP contribution in [-0.2, 0) is 6.54 Å². The zero-order valence-corrected chi connectivity index (χ0v) is 20.0. The van der Waals surface area contributed by atoms with Crippen LogP contribution in [0.1, 0.15) is 36.0 Å². The maximum absolute atomic E-state index is 14.0. The smallest absolute Gasteiger partial charge is 0.263 e. The number of phenols is 1. The Balaban J connectivity index is 1.67. The molecule has 34 heavy (non-hydrogen) atoms. The molecule has 0 saturated heterocycles. The number of nitrogens with zero attached hydrogens (tertiary/aromatic N) is 3. The van der Waals surface area contributed by atoms with Crippen molar-refractivity contribution in [1.29, 1.82) is 0 Å². The number of aromatic hydroxyl groups is 1. The Morgan fingerprint density at radius 2 is 2.12 bits per heavy atom. The number of hydrogen-bond donors (Lipinski definition) is 1. The lowest BCUT2D eigenvalue weighted by Crippen LogP contribution is -2.24. The fraction of sp³-hybridized carbons (Fsp3) is 0.240. The molecule has 6 rings (SSSR count). The fourth-order valence-corrected chi connectivity index (χ4v) is 5.70. The molecule has 1 saturated carbocycles. The van der Waals surface area contributed by atoms with Crippen molar-refractivity contribution in [2.24, 2.45) is 0 Å². The molecule has 1 N–H and O–H groups in total. The van der Waals surface area contributed by atoms with E-state index in [2.05, 4.69) is 4.98 Å². The number of thiophene rings is 1. The van der Waals surface area contributed by atoms with Gasteiger partial charge in [-0.3, -0.25) is 9.36 Å². The number of ether oxygens (including phenoxy) is 1. The molecular formula is C25H20ClN3O4S. The number of fused-ring (bicyclic) bond motifs is 3. The number of hydrogen-bond acceptors (Lipinski definition) is 7. The van der Waals surface area contributed by atoms with Crippen molar-refractivity contribution in [2.45, 2.75) is 32.2 Å². The summed E-state index contributed by atoms with van der Waals surface area (Å²) in [4.78, 5) is 23.7. The molecule has 1 fully saturated rings. The Hall–Kier alpha value is -3.36. The minimum atomic E-state index is -0.209. The molecule has 172 valence electrons. The van der Waals surface area contributed by atoms with Gasteiger partial charge in [0, 0.05) is 17.9 Å². The van der Waals surface area contributed by atoms with E-state index in [0.29, 0.717) is 43.7 Å². The number of oxazole rings is 1. The van der Waals surface area contributed by atoms with Crippen molar-refractivity contribution in [3.63, 3.8) is 0 Å². The molecule has 5 aromatic rings. The lowest BCUT2D eigenvalue weighted by atomic mass is 10.0. The van der Waals surface area contributed by atoms with Crippen LogP contribution in [-0.4, -0.2) is 26.8 Å². The Bertz CT molecular complexity index is 1650. The lowest BCUT2D eigenvalue weighted by Gasteiger charge is -2.15. The molecule has 0 bridgehead atoms. The van der Waals surface area contributed by atoms with Gasteiger partial charge in [0.15, 0.2) is 11.6 Å². The normalized spacial score (nSPS) is 13.7. The second-order valence-corrected chi connectivity index (χ2v) is 9.86. The van der Waals surface area contributed by atoms with E-state index in [-0.39, 0.29) is 22.9 Å². The quantitative estimate of drug-likeness (QED) is 0.329. The van der Waals surface area contributed by atoms with Crippen LogP contribution in [0.2, 0.25) is 5.02 Å². The molecule has 0 radical (unpaired) electrons. The van der Waals surface area contributed by atoms with Crippen LogP contribution in [0, 0.1) is 6.92 Å². The maximum atomic E-state index is 14.0. The van der Waals surface area contributed by atoms with Gasteiger partial charge in [-0.15, -0.1) is 11.3 Å². The summed E-state index contributed by atoms with van der Waals surface area (Å²) >= 11 is 7.40. The number of rotatable bonds is 5. The molecule has 2 aromatic carbocycles. The number of benzene rings is 2. The molecule has 7 nitrogen and oxygen atoms in total. The molecule has 0 amide bonds. The summed E-state index contributed by atoms with van der Waals surface area (Å²) in [7, 11) is 1.65. The summed E-state index contributed by atoms with van der Waals surface area (Å²) in [6.45, 7) is 1.95. The molecule has 0 atom stereocenters. The molecule has 3 aromatic heterocycles. The minimum Gasteiger partial charge on any atom is -0.505 e. The summed E-state index contributed by atoms with van der Waals surface area (Å²) < 4.78 is 13.3. The number of halogens is 1. The number of aryl methyl sites for hydroxylation is 1. The summed E-state index contributed by atoms with van der Waals surface area (Å²) in [6.07, 6.45) is 3.80. The van der Waals surface area contributed by atoms with Gasteiger partial charge in [-0.2, -0.15) is 0 Å². The van der Waals surface area contributed by atoms with Gasteiger partial charge in [-0.05, 0) is 48.6 Å². The van der Waals surface area contributed by atoms with Crippen molar-refractivity contribution in [2.75, 3.05) is 7.11 Å². The van der Waals surface area contributed by atoms with Crippen LogP contribution in [0.15, 0.2) is 45.7 Å². The molecule has 9 heteroatoms. The van der Waals surface area contributed by atoms with E-state index >= 15 is 0 Å². The third-order valence-corrected chi connectivity index (χ3v) is 7.60. The standard InChI is InChI=1S/C25H20ClN3O4S/c1-12-27-10-15(33-12)11-29-23(16-6-5-14(32-2)9-18(16)13-3-4-13)28-24-20(25(29)31)17-7-8-19(26)21(30)22(17)34-24/h5-10,13,30H,3-4,11H2,1-2H3. The van der Waals surface area contributed by atoms with E-state index in [9.17, 15) is 9.90 Å². The average molecular weight is 494 g/mol. The fourth-order valence-electron chi connectivity index (χ4n) is 4.37. The van der Waals surface area contributed by atoms with E-state index in [1.54, 1.807) is 36.9 Å². The zero-order valence-electron chi connectivity index (χ0n) is 18.5. The minimum absolute atomic E-state index is 0.0383. The van der Waals surface area contributed by atoms with Crippen molar-refractivity contribution in [3.05, 3.63) is 69.1 Å². The van der Waals surface area contributed by atoms with Gasteiger partial charge in [0.25, 0.3) is 5.56 Å². The molecular weight excluding hydrogens is 474 g/mol. The van der Waals surface area contributed by atoms with E-state index in [1.165, 1.54) is 11.3 Å². The van der Waals surface area contributed by atoms with Crippen molar-refractivity contribution in [3.8, 4) is 22.9 Å². The van der Waals surface area contributed by atoms with Crippen molar-refractivity contribution < 1.29 is 14.3 Å². The van der Waals surface area contributed by atoms with Gasteiger partial charge in [0.2, 0.25) is 0 Å². The largest absolute Gasteiger partial charge is 0.505 e. The van der Waals surface area contributed by atoms with Crippen LogP contribution in [0.3, 0.4) is 0 Å². The summed E-state index contributed by atoms with van der Waals surface area (Å²) in [5.74, 6) is 2.78. The highest BCUT2D eigenvalue weighted by molar-refractivity contribution is 7.25.